The van der Waals surface area contributed by atoms with E-state index in [1.807, 2.05) is 30.3 Å². The van der Waals surface area contributed by atoms with Crippen molar-refractivity contribution in [2.75, 3.05) is 6.61 Å². The molecule has 1 aromatic rings. The van der Waals surface area contributed by atoms with Crippen LogP contribution in [0.25, 0.3) is 0 Å². The molecule has 0 radical (unpaired) electrons. The van der Waals surface area contributed by atoms with Crippen LogP contribution in [0, 0.1) is 6.92 Å². The van der Waals surface area contributed by atoms with Gasteiger partial charge in [-0.15, -0.1) is 0 Å². The van der Waals surface area contributed by atoms with Crippen LogP contribution in [0.1, 0.15) is 0 Å². The number of rotatable bonds is 2. The first-order chi connectivity index (χ1) is 5.85. The Morgan fingerprint density at radius 1 is 1.25 bits per heavy atom. The zero-order chi connectivity index (χ0) is 9.23. The van der Waals surface area contributed by atoms with Crippen LogP contribution in [-0.2, 0) is 15.1 Å². The molecule has 1 aromatic carbocycles. The third kappa shape index (κ3) is 6.90. The van der Waals surface area contributed by atoms with Gasteiger partial charge >= 0.3 is 34.5 Å². The van der Waals surface area contributed by atoms with Crippen LogP contribution in [0.2, 0.25) is 0 Å². The summed E-state index contributed by atoms with van der Waals surface area (Å²) in [5.41, 5.74) is 0. The molecular formula is C8H9Cl2ORu-. The number of hydrogen-bond acceptors (Lipinski definition) is 1. The van der Waals surface area contributed by atoms with E-state index in [1.54, 1.807) is 0 Å². The molecule has 4 heteroatoms. The molecule has 0 amide bonds. The average molecular weight is 293 g/mol. The molecule has 1 rings (SSSR count). The van der Waals surface area contributed by atoms with E-state index in [-0.39, 0.29) is 15.1 Å². The predicted octanol–water partition coefficient (Wildman–Crippen LogP) is 3.28. The second-order valence-electron chi connectivity index (χ2n) is 1.71. The van der Waals surface area contributed by atoms with Gasteiger partial charge in [0.15, 0.2) is 0 Å². The predicted molar refractivity (Wildman–Crippen MR) is 49.0 cm³/mol. The molecule has 0 saturated heterocycles. The molecule has 0 bridgehead atoms. The van der Waals surface area contributed by atoms with Crippen molar-refractivity contribution in [3.63, 3.8) is 0 Å². The topological polar surface area (TPSA) is 9.23 Å². The van der Waals surface area contributed by atoms with Crippen molar-refractivity contribution < 1.29 is 19.9 Å². The summed E-state index contributed by atoms with van der Waals surface area (Å²) in [4.78, 5) is 0. The standard InChI is InChI=1S/C8H9O.2ClH.Ru/c1-2-9-8-6-4-3-5-7-8;;;/h3-7H,1-2H2;2*1H;/q-1;;;+2/p-2. The third-order valence-electron chi connectivity index (χ3n) is 1.01. The van der Waals surface area contributed by atoms with Crippen LogP contribution < -0.4 is 4.74 Å². The van der Waals surface area contributed by atoms with Crippen molar-refractivity contribution in [1.29, 1.82) is 0 Å². The van der Waals surface area contributed by atoms with E-state index in [4.69, 9.17) is 24.1 Å². The van der Waals surface area contributed by atoms with Crippen molar-refractivity contribution in [3.05, 3.63) is 37.3 Å². The van der Waals surface area contributed by atoms with Crippen LogP contribution >= 0.6 is 19.4 Å². The summed E-state index contributed by atoms with van der Waals surface area (Å²) < 4.78 is 5.09. The Hall–Kier alpha value is 0.223. The fourth-order valence-corrected chi connectivity index (χ4v) is 0.635. The summed E-state index contributed by atoms with van der Waals surface area (Å²) in [6.07, 6.45) is 0. The van der Waals surface area contributed by atoms with Gasteiger partial charge in [-0.3, -0.25) is 0 Å². The Kier molecular flexibility index (Phi) is 9.49. The summed E-state index contributed by atoms with van der Waals surface area (Å²) in [7, 11) is 9.71. The van der Waals surface area contributed by atoms with Gasteiger partial charge in [0, 0.05) is 0 Å². The third-order valence-corrected chi connectivity index (χ3v) is 1.01. The van der Waals surface area contributed by atoms with Crippen molar-refractivity contribution in [2.45, 2.75) is 0 Å². The summed E-state index contributed by atoms with van der Waals surface area (Å²) in [5.74, 6) is 0.882. The van der Waals surface area contributed by atoms with E-state index in [1.165, 1.54) is 0 Å². The summed E-state index contributed by atoms with van der Waals surface area (Å²) in [6, 6.07) is 9.64. The van der Waals surface area contributed by atoms with Crippen molar-refractivity contribution >= 4 is 19.4 Å². The Morgan fingerprint density at radius 3 is 2.17 bits per heavy atom. The van der Waals surface area contributed by atoms with Crippen molar-refractivity contribution in [1.82, 2.24) is 0 Å². The number of ether oxygens (including phenoxy) is 1. The van der Waals surface area contributed by atoms with Crippen LogP contribution in [0.4, 0.5) is 0 Å². The van der Waals surface area contributed by atoms with E-state index in [0.29, 0.717) is 6.61 Å². The number of hydrogen-bond donors (Lipinski definition) is 0. The van der Waals surface area contributed by atoms with Gasteiger partial charge in [-0.1, -0.05) is 18.2 Å². The van der Waals surface area contributed by atoms with Gasteiger partial charge in [0.1, 0.15) is 5.75 Å². The van der Waals surface area contributed by atoms with Crippen LogP contribution in [-0.4, -0.2) is 6.61 Å². The van der Waals surface area contributed by atoms with Crippen LogP contribution in [0.3, 0.4) is 0 Å². The molecule has 0 fully saturated rings. The molecule has 0 aliphatic rings. The first kappa shape index (κ1) is 12.2. The van der Waals surface area contributed by atoms with Gasteiger partial charge in [0.05, 0.1) is 0 Å². The minimum atomic E-state index is -0.346. The quantitative estimate of drug-likeness (QED) is 0.600. The van der Waals surface area contributed by atoms with E-state index in [0.717, 1.165) is 5.75 Å². The van der Waals surface area contributed by atoms with Gasteiger partial charge in [-0.05, 0) is 18.7 Å². The number of benzene rings is 1. The summed E-state index contributed by atoms with van der Waals surface area (Å²) in [5, 5.41) is 0. The molecule has 70 valence electrons. The fraction of sp³-hybridized carbons (Fsp3) is 0.125. The van der Waals surface area contributed by atoms with Crippen molar-refractivity contribution in [3.8, 4) is 5.75 Å². The Balaban J connectivity index is 0.000000354. The molecule has 0 aliphatic heterocycles. The van der Waals surface area contributed by atoms with Crippen LogP contribution in [0.5, 0.6) is 5.75 Å². The second kappa shape index (κ2) is 9.31. The molecule has 0 heterocycles. The molecule has 1 nitrogen and oxygen atoms in total. The van der Waals surface area contributed by atoms with Crippen molar-refractivity contribution in [2.24, 2.45) is 0 Å². The van der Waals surface area contributed by atoms with Gasteiger partial charge in [-0.25, -0.2) is 0 Å². The molecule has 12 heavy (non-hydrogen) atoms. The molecule has 0 atom stereocenters. The molecule has 0 N–H and O–H groups in total. The molecular weight excluding hydrogens is 284 g/mol. The van der Waals surface area contributed by atoms with Gasteiger partial charge in [0.25, 0.3) is 0 Å². The Morgan fingerprint density at radius 2 is 1.75 bits per heavy atom. The SMILES string of the molecule is [CH2-]COc1ccccc1.[Cl][Ru][Cl]. The molecule has 0 saturated carbocycles. The first-order valence-electron chi connectivity index (χ1n) is 3.17. The van der Waals surface area contributed by atoms with E-state index in [2.05, 4.69) is 6.92 Å². The Bertz CT molecular complexity index is 182. The zero-order valence-electron chi connectivity index (χ0n) is 6.32. The van der Waals surface area contributed by atoms with Gasteiger partial charge < -0.3 is 11.7 Å². The molecule has 0 spiro atoms. The monoisotopic (exact) mass is 293 g/mol. The normalized spacial score (nSPS) is 8.58. The maximum atomic E-state index is 5.09. The summed E-state index contributed by atoms with van der Waals surface area (Å²) in [6.45, 7) is 4.05. The van der Waals surface area contributed by atoms with E-state index >= 15 is 0 Å². The molecule has 0 aliphatic carbocycles. The van der Waals surface area contributed by atoms with E-state index in [9.17, 15) is 0 Å². The van der Waals surface area contributed by atoms with Crippen LogP contribution in [0.15, 0.2) is 30.3 Å². The Labute approximate surface area is 88.7 Å². The molecule has 0 unspecified atom stereocenters. The number of halogens is 2. The van der Waals surface area contributed by atoms with Gasteiger partial charge in [-0.2, -0.15) is 0 Å². The summed E-state index contributed by atoms with van der Waals surface area (Å²) >= 11 is -0.346. The number of para-hydroxylation sites is 1. The van der Waals surface area contributed by atoms with Gasteiger partial charge in [0.2, 0.25) is 0 Å². The van der Waals surface area contributed by atoms with E-state index < -0.39 is 0 Å². The fourth-order valence-electron chi connectivity index (χ4n) is 0.635. The minimum absolute atomic E-state index is 0.346. The first-order valence-corrected chi connectivity index (χ1v) is 7.65. The maximum absolute atomic E-state index is 5.09. The second-order valence-corrected chi connectivity index (χ2v) is 4.35. The zero-order valence-corrected chi connectivity index (χ0v) is 9.57. The average Bonchev–Trinajstić information content (AvgIpc) is 2.08. The molecule has 0 aromatic heterocycles.